The molecule has 0 aliphatic carbocycles. The SMILES string of the molecule is CCCC(=O)N1CC(C)CC(NC(=O)OCC)C1. The monoisotopic (exact) mass is 256 g/mol. The average Bonchev–Trinajstić information content (AvgIpc) is 2.28. The zero-order chi connectivity index (χ0) is 13.5. The van der Waals surface area contributed by atoms with Crippen molar-refractivity contribution in [2.75, 3.05) is 19.7 Å². The lowest BCUT2D eigenvalue weighted by Crippen LogP contribution is -2.52. The van der Waals surface area contributed by atoms with E-state index in [9.17, 15) is 9.59 Å². The smallest absolute Gasteiger partial charge is 0.407 e. The molecule has 2 unspecified atom stereocenters. The van der Waals surface area contributed by atoms with Crippen molar-refractivity contribution in [3.8, 4) is 0 Å². The number of hydrogen-bond acceptors (Lipinski definition) is 3. The molecule has 1 fully saturated rings. The summed E-state index contributed by atoms with van der Waals surface area (Å²) in [6.07, 6.45) is 1.95. The number of alkyl carbamates (subject to hydrolysis) is 1. The molecule has 5 nitrogen and oxygen atoms in total. The Morgan fingerprint density at radius 2 is 2.06 bits per heavy atom. The Morgan fingerprint density at radius 1 is 1.33 bits per heavy atom. The highest BCUT2D eigenvalue weighted by Gasteiger charge is 2.28. The fourth-order valence-corrected chi connectivity index (χ4v) is 2.37. The number of carbonyl (C=O) groups excluding carboxylic acids is 2. The number of nitrogens with one attached hydrogen (secondary N) is 1. The molecule has 0 aromatic heterocycles. The van der Waals surface area contributed by atoms with Gasteiger partial charge in [-0.1, -0.05) is 13.8 Å². The summed E-state index contributed by atoms with van der Waals surface area (Å²) < 4.78 is 4.87. The van der Waals surface area contributed by atoms with Crippen LogP contribution in [0.15, 0.2) is 0 Å². The molecular formula is C13H24N2O3. The standard InChI is InChI=1S/C13H24N2O3/c1-4-6-12(16)15-8-10(3)7-11(9-15)14-13(17)18-5-2/h10-11H,4-9H2,1-3H3,(H,14,17). The van der Waals surface area contributed by atoms with E-state index >= 15 is 0 Å². The maximum absolute atomic E-state index is 11.9. The van der Waals surface area contributed by atoms with Crippen molar-refractivity contribution in [3.05, 3.63) is 0 Å². The van der Waals surface area contributed by atoms with Gasteiger partial charge in [0.15, 0.2) is 0 Å². The summed E-state index contributed by atoms with van der Waals surface area (Å²) in [6.45, 7) is 7.64. The Morgan fingerprint density at radius 3 is 2.67 bits per heavy atom. The van der Waals surface area contributed by atoms with E-state index in [1.165, 1.54) is 0 Å². The van der Waals surface area contributed by atoms with Crippen molar-refractivity contribution in [3.63, 3.8) is 0 Å². The fourth-order valence-electron chi connectivity index (χ4n) is 2.37. The molecule has 2 amide bonds. The van der Waals surface area contributed by atoms with E-state index in [0.717, 1.165) is 19.4 Å². The van der Waals surface area contributed by atoms with Gasteiger partial charge in [0.2, 0.25) is 5.91 Å². The van der Waals surface area contributed by atoms with Gasteiger partial charge >= 0.3 is 6.09 Å². The first-order valence-corrected chi connectivity index (χ1v) is 6.77. The lowest BCUT2D eigenvalue weighted by molar-refractivity contribution is -0.133. The Kier molecular flexibility index (Phi) is 5.95. The Bertz CT molecular complexity index is 294. The van der Waals surface area contributed by atoms with Gasteiger partial charge in [-0.05, 0) is 25.7 Å². The van der Waals surface area contributed by atoms with Crippen molar-refractivity contribution in [2.45, 2.75) is 46.1 Å². The molecule has 0 radical (unpaired) electrons. The number of carbonyl (C=O) groups is 2. The minimum absolute atomic E-state index is 0.00797. The van der Waals surface area contributed by atoms with Crippen LogP contribution in [0.4, 0.5) is 4.79 Å². The van der Waals surface area contributed by atoms with Crippen LogP contribution >= 0.6 is 0 Å². The number of likely N-dealkylation sites (tertiary alicyclic amines) is 1. The molecule has 0 aromatic carbocycles. The third-order valence-corrected chi connectivity index (χ3v) is 3.07. The first-order chi connectivity index (χ1) is 8.56. The summed E-state index contributed by atoms with van der Waals surface area (Å²) in [5.74, 6) is 0.589. The maximum atomic E-state index is 11.9. The van der Waals surface area contributed by atoms with E-state index < -0.39 is 0 Å². The molecule has 5 heteroatoms. The molecule has 104 valence electrons. The zero-order valence-corrected chi connectivity index (χ0v) is 11.6. The molecule has 1 saturated heterocycles. The van der Waals surface area contributed by atoms with Gasteiger partial charge in [0.05, 0.1) is 12.6 Å². The van der Waals surface area contributed by atoms with Crippen LogP contribution in [0.5, 0.6) is 0 Å². The summed E-state index contributed by atoms with van der Waals surface area (Å²) in [6, 6.07) is 0.00797. The van der Waals surface area contributed by atoms with E-state index in [4.69, 9.17) is 4.74 Å². The van der Waals surface area contributed by atoms with Gasteiger partial charge in [-0.15, -0.1) is 0 Å². The fraction of sp³-hybridized carbons (Fsp3) is 0.846. The number of rotatable bonds is 4. The summed E-state index contributed by atoms with van der Waals surface area (Å²) >= 11 is 0. The molecule has 1 aliphatic rings. The van der Waals surface area contributed by atoms with Gasteiger partial charge < -0.3 is 15.0 Å². The number of hydrogen-bond donors (Lipinski definition) is 1. The van der Waals surface area contributed by atoms with Crippen LogP contribution in [0.3, 0.4) is 0 Å². The lowest BCUT2D eigenvalue weighted by Gasteiger charge is -2.36. The molecule has 0 bridgehead atoms. The molecule has 0 aromatic rings. The minimum atomic E-state index is -0.389. The summed E-state index contributed by atoms with van der Waals surface area (Å²) in [4.78, 5) is 25.1. The summed E-state index contributed by atoms with van der Waals surface area (Å²) in [7, 11) is 0. The van der Waals surface area contributed by atoms with Crippen LogP contribution in [-0.4, -0.2) is 42.6 Å². The van der Waals surface area contributed by atoms with Crippen LogP contribution in [0.25, 0.3) is 0 Å². The van der Waals surface area contributed by atoms with Gasteiger partial charge in [0.1, 0.15) is 0 Å². The van der Waals surface area contributed by atoms with E-state index in [1.54, 1.807) is 6.92 Å². The van der Waals surface area contributed by atoms with Crippen LogP contribution in [-0.2, 0) is 9.53 Å². The third-order valence-electron chi connectivity index (χ3n) is 3.07. The predicted octanol–water partition coefficient (Wildman–Crippen LogP) is 1.77. The Hall–Kier alpha value is -1.26. The van der Waals surface area contributed by atoms with Crippen LogP contribution in [0.1, 0.15) is 40.0 Å². The molecule has 1 N–H and O–H groups in total. The molecule has 1 heterocycles. The summed E-state index contributed by atoms with van der Waals surface area (Å²) in [5.41, 5.74) is 0. The highest BCUT2D eigenvalue weighted by Crippen LogP contribution is 2.17. The van der Waals surface area contributed by atoms with Gasteiger partial charge in [-0.3, -0.25) is 4.79 Å². The minimum Gasteiger partial charge on any atom is -0.450 e. The molecule has 0 spiro atoms. The van der Waals surface area contributed by atoms with Gasteiger partial charge in [0, 0.05) is 19.5 Å². The first-order valence-electron chi connectivity index (χ1n) is 6.77. The number of amides is 2. The largest absolute Gasteiger partial charge is 0.450 e. The highest BCUT2D eigenvalue weighted by molar-refractivity contribution is 5.76. The van der Waals surface area contributed by atoms with Gasteiger partial charge in [0.25, 0.3) is 0 Å². The number of ether oxygens (including phenoxy) is 1. The number of piperidine rings is 1. The highest BCUT2D eigenvalue weighted by atomic mass is 16.5. The van der Waals surface area contributed by atoms with Crippen LogP contribution in [0, 0.1) is 5.92 Å². The van der Waals surface area contributed by atoms with Crippen molar-refractivity contribution < 1.29 is 14.3 Å². The van der Waals surface area contributed by atoms with E-state index in [1.807, 2.05) is 11.8 Å². The molecule has 2 atom stereocenters. The van der Waals surface area contributed by atoms with Crippen molar-refractivity contribution in [1.29, 1.82) is 0 Å². The maximum Gasteiger partial charge on any atom is 0.407 e. The third kappa shape index (κ3) is 4.55. The normalized spacial score (nSPS) is 23.6. The summed E-state index contributed by atoms with van der Waals surface area (Å²) in [5, 5.41) is 2.82. The first kappa shape index (κ1) is 14.8. The van der Waals surface area contributed by atoms with E-state index in [0.29, 0.717) is 25.5 Å². The Labute approximate surface area is 109 Å². The predicted molar refractivity (Wildman–Crippen MR) is 69.2 cm³/mol. The van der Waals surface area contributed by atoms with Crippen molar-refractivity contribution in [2.24, 2.45) is 5.92 Å². The van der Waals surface area contributed by atoms with Gasteiger partial charge in [-0.25, -0.2) is 4.79 Å². The van der Waals surface area contributed by atoms with Crippen molar-refractivity contribution in [1.82, 2.24) is 10.2 Å². The van der Waals surface area contributed by atoms with E-state index in [2.05, 4.69) is 12.2 Å². The average molecular weight is 256 g/mol. The second kappa shape index (κ2) is 7.24. The topological polar surface area (TPSA) is 58.6 Å². The quantitative estimate of drug-likeness (QED) is 0.834. The van der Waals surface area contributed by atoms with Gasteiger partial charge in [-0.2, -0.15) is 0 Å². The Balaban J connectivity index is 2.50. The van der Waals surface area contributed by atoms with Crippen molar-refractivity contribution >= 4 is 12.0 Å². The molecule has 1 aliphatic heterocycles. The molecule has 1 rings (SSSR count). The molecular weight excluding hydrogens is 232 g/mol. The van der Waals surface area contributed by atoms with E-state index in [-0.39, 0.29) is 18.0 Å². The second-order valence-corrected chi connectivity index (χ2v) is 4.95. The zero-order valence-electron chi connectivity index (χ0n) is 11.6. The van der Waals surface area contributed by atoms with Crippen LogP contribution < -0.4 is 5.32 Å². The number of nitrogens with zero attached hydrogens (tertiary/aromatic N) is 1. The second-order valence-electron chi connectivity index (χ2n) is 4.95. The molecule has 18 heavy (non-hydrogen) atoms. The lowest BCUT2D eigenvalue weighted by atomic mass is 9.95. The molecule has 0 saturated carbocycles. The van der Waals surface area contributed by atoms with Crippen LogP contribution in [0.2, 0.25) is 0 Å².